The van der Waals surface area contributed by atoms with Crippen LogP contribution in [-0.4, -0.2) is 32.4 Å². The van der Waals surface area contributed by atoms with Gasteiger partial charge in [-0.25, -0.2) is 0 Å². The standard InChI is InChI=1S/C14H8F6O7S3/c15-13(16,17)29(22,23)26-9-3-1-5-11(7-9)28(21)12-6-2-4-10(8-12)27-30(24,25)14(18,19)20/h1-8H. The molecular weight excluding hydrogens is 490 g/mol. The third kappa shape index (κ3) is 5.50. The number of hydrogen-bond acceptors (Lipinski definition) is 7. The SMILES string of the molecule is O=S(=O)(Oc1cccc([S+]([O-])c2cccc(OS(=O)(=O)C(F)(F)F)c2)c1)C(F)(F)F. The molecule has 0 spiro atoms. The molecule has 2 rings (SSSR count). The van der Waals surface area contributed by atoms with Crippen LogP contribution in [0.5, 0.6) is 11.5 Å². The molecule has 0 bridgehead atoms. The van der Waals surface area contributed by atoms with Crippen LogP contribution in [0.1, 0.15) is 0 Å². The van der Waals surface area contributed by atoms with Crippen LogP contribution in [0.15, 0.2) is 58.3 Å². The van der Waals surface area contributed by atoms with E-state index in [1.807, 2.05) is 0 Å². The van der Waals surface area contributed by atoms with E-state index in [9.17, 15) is 47.7 Å². The first kappa shape index (κ1) is 24.1. The third-order valence-corrected chi connectivity index (χ3v) is 6.34. The molecule has 0 saturated heterocycles. The van der Waals surface area contributed by atoms with E-state index in [4.69, 9.17) is 0 Å². The molecule has 166 valence electrons. The van der Waals surface area contributed by atoms with Gasteiger partial charge >= 0.3 is 31.3 Å². The van der Waals surface area contributed by atoms with Crippen molar-refractivity contribution in [2.45, 2.75) is 20.8 Å². The van der Waals surface area contributed by atoms with Gasteiger partial charge in [0, 0.05) is 23.3 Å². The van der Waals surface area contributed by atoms with E-state index in [-0.39, 0.29) is 9.79 Å². The van der Waals surface area contributed by atoms with Gasteiger partial charge in [0.1, 0.15) is 11.5 Å². The molecular formula is C14H8F6O7S3. The minimum absolute atomic E-state index is 0.291. The maximum Gasteiger partial charge on any atom is 0.534 e. The Hall–Kier alpha value is -2.17. The predicted octanol–water partition coefficient (Wildman–Crippen LogP) is 3.31. The molecule has 0 aliphatic heterocycles. The van der Waals surface area contributed by atoms with Crippen molar-refractivity contribution >= 4 is 31.4 Å². The van der Waals surface area contributed by atoms with Crippen molar-refractivity contribution in [1.29, 1.82) is 0 Å². The molecule has 2 aromatic carbocycles. The summed E-state index contributed by atoms with van der Waals surface area (Å²) in [4.78, 5) is -0.582. The molecule has 0 saturated carbocycles. The Morgan fingerprint density at radius 2 is 1.03 bits per heavy atom. The normalized spacial score (nSPS) is 13.3. The summed E-state index contributed by atoms with van der Waals surface area (Å²) in [6.45, 7) is 0. The highest BCUT2D eigenvalue weighted by Gasteiger charge is 2.49. The molecule has 0 amide bonds. The average molecular weight is 498 g/mol. The van der Waals surface area contributed by atoms with Crippen molar-refractivity contribution in [1.82, 2.24) is 0 Å². The fraction of sp³-hybridized carbons (Fsp3) is 0.143. The topological polar surface area (TPSA) is 110 Å². The van der Waals surface area contributed by atoms with Crippen LogP contribution in [0.4, 0.5) is 26.3 Å². The summed E-state index contributed by atoms with van der Waals surface area (Å²) < 4.78 is 139. The van der Waals surface area contributed by atoms with Crippen LogP contribution in [-0.2, 0) is 31.4 Å². The van der Waals surface area contributed by atoms with Gasteiger partial charge in [-0.3, -0.25) is 0 Å². The lowest BCUT2D eigenvalue weighted by Crippen LogP contribution is -2.28. The zero-order valence-corrected chi connectivity index (χ0v) is 16.4. The number of hydrogen-bond donors (Lipinski definition) is 0. The van der Waals surface area contributed by atoms with Gasteiger partial charge in [-0.15, -0.1) is 0 Å². The van der Waals surface area contributed by atoms with Gasteiger partial charge in [0.2, 0.25) is 0 Å². The largest absolute Gasteiger partial charge is 0.606 e. The summed E-state index contributed by atoms with van der Waals surface area (Å²) in [5.41, 5.74) is -11.4. The van der Waals surface area contributed by atoms with Crippen molar-refractivity contribution in [3.63, 3.8) is 0 Å². The van der Waals surface area contributed by atoms with E-state index in [2.05, 4.69) is 8.37 Å². The van der Waals surface area contributed by atoms with Gasteiger partial charge in [0.25, 0.3) is 0 Å². The average Bonchev–Trinajstić information content (AvgIpc) is 2.59. The molecule has 0 heterocycles. The lowest BCUT2D eigenvalue weighted by atomic mass is 10.3. The van der Waals surface area contributed by atoms with Gasteiger partial charge in [-0.2, -0.15) is 43.2 Å². The first-order valence-corrected chi connectivity index (χ1v) is 11.1. The summed E-state index contributed by atoms with van der Waals surface area (Å²) >= 11 is -2.28. The van der Waals surface area contributed by atoms with E-state index < -0.39 is 53.9 Å². The first-order valence-electron chi connectivity index (χ1n) is 7.17. The van der Waals surface area contributed by atoms with E-state index >= 15 is 0 Å². The Bertz CT molecular complexity index is 1040. The summed E-state index contributed by atoms with van der Waals surface area (Å²) in [5, 5.41) is 0. The molecule has 0 fully saturated rings. The molecule has 0 N–H and O–H groups in total. The minimum atomic E-state index is -5.99. The van der Waals surface area contributed by atoms with Gasteiger partial charge < -0.3 is 12.9 Å². The fourth-order valence-corrected chi connectivity index (χ4v) is 3.79. The van der Waals surface area contributed by atoms with Crippen molar-refractivity contribution in [3.05, 3.63) is 48.5 Å². The van der Waals surface area contributed by atoms with Gasteiger partial charge in [-0.1, -0.05) is 12.1 Å². The summed E-state index contributed by atoms with van der Waals surface area (Å²) in [6.07, 6.45) is 0. The first-order chi connectivity index (χ1) is 13.5. The highest BCUT2D eigenvalue weighted by molar-refractivity contribution is 7.91. The van der Waals surface area contributed by atoms with Crippen LogP contribution in [0, 0.1) is 0 Å². The zero-order valence-electron chi connectivity index (χ0n) is 14.0. The number of halogens is 6. The third-order valence-electron chi connectivity index (χ3n) is 3.02. The Morgan fingerprint density at radius 1 is 0.700 bits per heavy atom. The summed E-state index contributed by atoms with van der Waals surface area (Å²) in [5.74, 6) is -1.66. The Kier molecular flexibility index (Phi) is 6.56. The summed E-state index contributed by atoms with van der Waals surface area (Å²) in [6, 6.07) is 7.29. The second kappa shape index (κ2) is 8.16. The monoisotopic (exact) mass is 498 g/mol. The van der Waals surface area contributed by atoms with E-state index in [0.29, 0.717) is 12.1 Å². The quantitative estimate of drug-likeness (QED) is 0.260. The van der Waals surface area contributed by atoms with Crippen LogP contribution in [0.25, 0.3) is 0 Å². The van der Waals surface area contributed by atoms with Crippen LogP contribution in [0.3, 0.4) is 0 Å². The van der Waals surface area contributed by atoms with Gasteiger partial charge in [-0.05, 0) is 24.3 Å². The summed E-state index contributed by atoms with van der Waals surface area (Å²) in [7, 11) is -12.0. The maximum absolute atomic E-state index is 12.5. The molecule has 0 aromatic heterocycles. The number of benzene rings is 2. The van der Waals surface area contributed by atoms with Gasteiger partial charge in [0.05, 0.1) is 0 Å². The Balaban J connectivity index is 2.31. The lowest BCUT2D eigenvalue weighted by molar-refractivity contribution is -0.0504. The van der Waals surface area contributed by atoms with Crippen LogP contribution in [0.2, 0.25) is 0 Å². The molecule has 0 aliphatic carbocycles. The number of rotatable bonds is 6. The fourth-order valence-electron chi connectivity index (χ4n) is 1.77. The second-order valence-corrected chi connectivity index (χ2v) is 9.74. The predicted molar refractivity (Wildman–Crippen MR) is 88.8 cm³/mol. The van der Waals surface area contributed by atoms with Gasteiger partial charge in [0.15, 0.2) is 9.79 Å². The Morgan fingerprint density at radius 3 is 1.33 bits per heavy atom. The number of alkyl halides is 6. The van der Waals surface area contributed by atoms with Crippen LogP contribution < -0.4 is 8.37 Å². The minimum Gasteiger partial charge on any atom is -0.606 e. The van der Waals surface area contributed by atoms with Crippen molar-refractivity contribution in [2.24, 2.45) is 0 Å². The maximum atomic E-state index is 12.5. The Labute approximate surface area is 168 Å². The van der Waals surface area contributed by atoms with Crippen molar-refractivity contribution in [3.8, 4) is 11.5 Å². The molecule has 0 atom stereocenters. The van der Waals surface area contributed by atoms with E-state index in [0.717, 1.165) is 36.4 Å². The van der Waals surface area contributed by atoms with E-state index in [1.165, 1.54) is 0 Å². The molecule has 0 radical (unpaired) electrons. The van der Waals surface area contributed by atoms with E-state index in [1.54, 1.807) is 0 Å². The molecule has 0 aliphatic rings. The van der Waals surface area contributed by atoms with Crippen molar-refractivity contribution < 1.29 is 56.1 Å². The molecule has 0 unspecified atom stereocenters. The smallest absolute Gasteiger partial charge is 0.534 e. The highest BCUT2D eigenvalue weighted by Crippen LogP contribution is 2.32. The van der Waals surface area contributed by atoms with Crippen molar-refractivity contribution in [2.75, 3.05) is 0 Å². The molecule has 16 heteroatoms. The molecule has 30 heavy (non-hydrogen) atoms. The second-order valence-electron chi connectivity index (χ2n) is 5.18. The molecule has 7 nitrogen and oxygen atoms in total. The zero-order chi connectivity index (χ0) is 23.0. The van der Waals surface area contributed by atoms with Crippen LogP contribution >= 0.6 is 0 Å². The molecule has 2 aromatic rings. The lowest BCUT2D eigenvalue weighted by Gasteiger charge is -2.14. The highest BCUT2D eigenvalue weighted by atomic mass is 32.2.